The van der Waals surface area contributed by atoms with Crippen molar-refractivity contribution in [1.29, 1.82) is 5.26 Å². The molecule has 0 aromatic carbocycles. The molecule has 0 N–H and O–H groups in total. The lowest BCUT2D eigenvalue weighted by molar-refractivity contribution is 0.116. The summed E-state index contributed by atoms with van der Waals surface area (Å²) >= 11 is 0. The minimum absolute atomic E-state index is 0.635. The van der Waals surface area contributed by atoms with Crippen molar-refractivity contribution in [1.82, 2.24) is 4.90 Å². The van der Waals surface area contributed by atoms with Gasteiger partial charge in [0, 0.05) is 0 Å². The van der Waals surface area contributed by atoms with Crippen LogP contribution < -0.4 is 0 Å². The Kier molecular flexibility index (Phi) is 1.70. The Hall–Kier alpha value is -0.750. The molecular formula is C5H7N2O. The van der Waals surface area contributed by atoms with E-state index < -0.39 is 0 Å². The summed E-state index contributed by atoms with van der Waals surface area (Å²) in [6.07, 6.45) is 2.03. The van der Waals surface area contributed by atoms with Crippen LogP contribution in [-0.4, -0.2) is 24.6 Å². The molecule has 0 atom stereocenters. The Labute approximate surface area is 48.5 Å². The molecule has 0 unspecified atom stereocenters. The number of rotatable bonds is 0. The molecule has 0 aliphatic carbocycles. The second-order valence-electron chi connectivity index (χ2n) is 1.58. The van der Waals surface area contributed by atoms with Crippen LogP contribution in [0.5, 0.6) is 0 Å². The molecule has 3 nitrogen and oxygen atoms in total. The van der Waals surface area contributed by atoms with Gasteiger partial charge in [-0.05, 0) is 0 Å². The quantitative estimate of drug-likeness (QED) is 0.411. The summed E-state index contributed by atoms with van der Waals surface area (Å²) in [6.45, 7) is 3.66. The smallest absolute Gasteiger partial charge is 0.179 e. The van der Waals surface area contributed by atoms with Crippen LogP contribution in [0.1, 0.15) is 0 Å². The average molecular weight is 111 g/mol. The van der Waals surface area contributed by atoms with Crippen molar-refractivity contribution in [2.24, 2.45) is 0 Å². The summed E-state index contributed by atoms with van der Waals surface area (Å²) in [6, 6.07) is 0. The Morgan fingerprint density at radius 3 is 3.00 bits per heavy atom. The van der Waals surface area contributed by atoms with Gasteiger partial charge in [-0.15, -0.1) is 0 Å². The fraction of sp³-hybridized carbons (Fsp3) is 0.600. The highest BCUT2D eigenvalue weighted by Gasteiger charge is 2.06. The van der Waals surface area contributed by atoms with E-state index in [-0.39, 0.29) is 0 Å². The molecule has 1 radical (unpaired) electrons. The molecule has 3 heteroatoms. The van der Waals surface area contributed by atoms with E-state index in [2.05, 4.69) is 0 Å². The standard InChI is InChI=1S/C5H7N2O/c6-5-7-1-3-8-4-2-7/h3H,1-2,4H2. The maximum absolute atomic E-state index is 8.29. The number of morpholine rings is 1. The van der Waals surface area contributed by atoms with Gasteiger partial charge >= 0.3 is 0 Å². The van der Waals surface area contributed by atoms with Crippen LogP contribution in [0.3, 0.4) is 0 Å². The molecule has 1 heterocycles. The number of ether oxygens (including phenoxy) is 1. The highest BCUT2D eigenvalue weighted by Crippen LogP contribution is 1.96. The first kappa shape index (κ1) is 5.39. The summed E-state index contributed by atoms with van der Waals surface area (Å²) < 4.78 is 4.88. The lowest BCUT2D eigenvalue weighted by Gasteiger charge is -2.19. The van der Waals surface area contributed by atoms with Gasteiger partial charge in [0.1, 0.15) is 6.61 Å². The lowest BCUT2D eigenvalue weighted by Crippen LogP contribution is -2.29. The third-order valence-electron chi connectivity index (χ3n) is 1.03. The van der Waals surface area contributed by atoms with E-state index in [4.69, 9.17) is 10.00 Å². The first-order valence-electron chi connectivity index (χ1n) is 2.51. The maximum atomic E-state index is 8.29. The van der Waals surface area contributed by atoms with Crippen molar-refractivity contribution in [3.63, 3.8) is 0 Å². The van der Waals surface area contributed by atoms with Crippen molar-refractivity contribution in [2.75, 3.05) is 19.7 Å². The zero-order valence-electron chi connectivity index (χ0n) is 4.50. The van der Waals surface area contributed by atoms with Crippen molar-refractivity contribution < 1.29 is 4.74 Å². The molecule has 1 rings (SSSR count). The van der Waals surface area contributed by atoms with E-state index in [1.54, 1.807) is 11.5 Å². The summed E-state index contributed by atoms with van der Waals surface area (Å²) in [5.41, 5.74) is 0. The number of hydrogen-bond acceptors (Lipinski definition) is 3. The molecule has 0 amide bonds. The predicted octanol–water partition coefficient (Wildman–Crippen LogP) is -0.0385. The molecule has 1 fully saturated rings. The largest absolute Gasteiger partial charge is 0.372 e. The Bertz CT molecular complexity index is 101. The molecule has 0 bridgehead atoms. The van der Waals surface area contributed by atoms with Crippen molar-refractivity contribution >= 4 is 0 Å². The van der Waals surface area contributed by atoms with Crippen LogP contribution >= 0.6 is 0 Å². The van der Waals surface area contributed by atoms with Gasteiger partial charge in [0.05, 0.1) is 19.7 Å². The monoisotopic (exact) mass is 111 g/mol. The molecule has 1 saturated heterocycles. The van der Waals surface area contributed by atoms with Gasteiger partial charge in [0.2, 0.25) is 0 Å². The summed E-state index contributed by atoms with van der Waals surface area (Å²) in [4.78, 5) is 1.64. The van der Waals surface area contributed by atoms with Crippen LogP contribution in [0.2, 0.25) is 0 Å². The van der Waals surface area contributed by atoms with Crippen molar-refractivity contribution in [3.8, 4) is 6.19 Å². The van der Waals surface area contributed by atoms with Crippen LogP contribution in [0.25, 0.3) is 0 Å². The van der Waals surface area contributed by atoms with E-state index in [1.165, 1.54) is 0 Å². The minimum Gasteiger partial charge on any atom is -0.372 e. The minimum atomic E-state index is 0.635. The van der Waals surface area contributed by atoms with Gasteiger partial charge in [-0.3, -0.25) is 0 Å². The maximum Gasteiger partial charge on any atom is 0.179 e. The highest BCUT2D eigenvalue weighted by atomic mass is 16.5. The van der Waals surface area contributed by atoms with E-state index in [0.29, 0.717) is 13.2 Å². The summed E-state index contributed by atoms with van der Waals surface area (Å²) in [5.74, 6) is 0. The zero-order chi connectivity index (χ0) is 5.82. The zero-order valence-corrected chi connectivity index (χ0v) is 4.50. The molecule has 0 aromatic rings. The molecule has 8 heavy (non-hydrogen) atoms. The second kappa shape index (κ2) is 2.53. The Morgan fingerprint density at radius 2 is 2.62 bits per heavy atom. The van der Waals surface area contributed by atoms with Gasteiger partial charge in [0.15, 0.2) is 6.19 Å². The molecular weight excluding hydrogens is 104 g/mol. The third-order valence-corrected chi connectivity index (χ3v) is 1.03. The number of nitriles is 1. The molecule has 0 spiro atoms. The van der Waals surface area contributed by atoms with Crippen LogP contribution in [-0.2, 0) is 4.74 Å². The van der Waals surface area contributed by atoms with Gasteiger partial charge in [-0.25, -0.2) is 0 Å². The Balaban J connectivity index is 2.25. The van der Waals surface area contributed by atoms with Gasteiger partial charge in [0.25, 0.3) is 0 Å². The van der Waals surface area contributed by atoms with Crippen LogP contribution in [0.4, 0.5) is 0 Å². The van der Waals surface area contributed by atoms with E-state index in [0.717, 1.165) is 6.54 Å². The number of hydrogen-bond donors (Lipinski definition) is 0. The molecule has 1 aliphatic heterocycles. The first-order chi connectivity index (χ1) is 3.93. The lowest BCUT2D eigenvalue weighted by atomic mass is 10.5. The fourth-order valence-corrected chi connectivity index (χ4v) is 0.571. The van der Waals surface area contributed by atoms with Gasteiger partial charge in [-0.1, -0.05) is 0 Å². The van der Waals surface area contributed by atoms with Gasteiger partial charge in [-0.2, -0.15) is 5.26 Å². The molecule has 0 saturated carbocycles. The highest BCUT2D eigenvalue weighted by molar-refractivity contribution is 4.79. The van der Waals surface area contributed by atoms with Crippen molar-refractivity contribution in [2.45, 2.75) is 0 Å². The van der Waals surface area contributed by atoms with E-state index in [1.807, 2.05) is 6.19 Å². The first-order valence-corrected chi connectivity index (χ1v) is 2.51. The average Bonchev–Trinajstić information content (AvgIpc) is 1.90. The van der Waals surface area contributed by atoms with E-state index >= 15 is 0 Å². The third kappa shape index (κ3) is 1.11. The molecule has 1 aliphatic rings. The Morgan fingerprint density at radius 1 is 1.75 bits per heavy atom. The summed E-state index contributed by atoms with van der Waals surface area (Å²) in [7, 11) is 0. The SMILES string of the molecule is N#CN1C[CH]OCC1. The second-order valence-corrected chi connectivity index (χ2v) is 1.58. The van der Waals surface area contributed by atoms with Gasteiger partial charge < -0.3 is 9.64 Å². The summed E-state index contributed by atoms with van der Waals surface area (Å²) in [5, 5.41) is 8.29. The normalized spacial score (nSPS) is 20.1. The van der Waals surface area contributed by atoms with E-state index in [9.17, 15) is 0 Å². The molecule has 43 valence electrons. The van der Waals surface area contributed by atoms with Crippen LogP contribution in [0, 0.1) is 18.1 Å². The van der Waals surface area contributed by atoms with Crippen LogP contribution in [0.15, 0.2) is 0 Å². The topological polar surface area (TPSA) is 36.3 Å². The fourth-order valence-electron chi connectivity index (χ4n) is 0.571. The van der Waals surface area contributed by atoms with Crippen molar-refractivity contribution in [3.05, 3.63) is 6.61 Å². The number of nitrogens with zero attached hydrogens (tertiary/aromatic N) is 2. The molecule has 0 aromatic heterocycles. The predicted molar refractivity (Wildman–Crippen MR) is 27.4 cm³/mol.